The molecule has 2 aliphatic heterocycles. The Hall–Kier alpha value is -2.57. The zero-order valence-electron chi connectivity index (χ0n) is 15.2. The minimum Gasteiger partial charge on any atom is -0.371 e. The first-order chi connectivity index (χ1) is 12.7. The Bertz CT molecular complexity index is 780. The average Bonchev–Trinajstić information content (AvgIpc) is 3.05. The third-order valence-corrected chi connectivity index (χ3v) is 5.28. The number of urea groups is 1. The topological polar surface area (TPSA) is 75.1 Å². The van der Waals surface area contributed by atoms with Crippen LogP contribution in [0.5, 0.6) is 0 Å². The van der Waals surface area contributed by atoms with Gasteiger partial charge in [0.25, 0.3) is 0 Å². The number of fused-ring (bicyclic) bond motifs is 1. The van der Waals surface area contributed by atoms with Crippen LogP contribution in [0.3, 0.4) is 0 Å². The summed E-state index contributed by atoms with van der Waals surface area (Å²) in [4.78, 5) is 14.9. The molecule has 3 heterocycles. The second-order valence-corrected chi connectivity index (χ2v) is 7.15. The van der Waals surface area contributed by atoms with E-state index in [9.17, 15) is 4.79 Å². The van der Waals surface area contributed by atoms with Gasteiger partial charge in [-0.15, -0.1) is 10.2 Å². The standard InChI is InChI=1S/C19H26N6O/c1-14-22-23-18-17(9-6-12-25(14)18)21-19(26)20-15-7-5-8-16(13-15)24-10-3-2-4-11-24/h5,7-8,13,17H,2-4,6,9-12H2,1H3,(H2,20,21,26). The minimum atomic E-state index is -0.195. The monoisotopic (exact) mass is 354 g/mol. The molecule has 0 aliphatic carbocycles. The molecule has 1 aromatic carbocycles. The van der Waals surface area contributed by atoms with Crippen LogP contribution in [0.25, 0.3) is 0 Å². The summed E-state index contributed by atoms with van der Waals surface area (Å²) in [6, 6.07) is 7.81. The van der Waals surface area contributed by atoms with Gasteiger partial charge in [-0.05, 0) is 57.2 Å². The first-order valence-electron chi connectivity index (χ1n) is 9.53. The number of carbonyl (C=O) groups is 1. The third-order valence-electron chi connectivity index (χ3n) is 5.28. The molecule has 7 nitrogen and oxygen atoms in total. The van der Waals surface area contributed by atoms with Crippen molar-refractivity contribution in [2.24, 2.45) is 0 Å². The lowest BCUT2D eigenvalue weighted by atomic mass is 10.1. The number of carbonyl (C=O) groups excluding carboxylic acids is 1. The number of piperidine rings is 1. The Morgan fingerprint density at radius 2 is 1.96 bits per heavy atom. The molecule has 1 saturated heterocycles. The van der Waals surface area contributed by atoms with Crippen LogP contribution in [-0.4, -0.2) is 33.9 Å². The molecular formula is C19H26N6O. The average molecular weight is 354 g/mol. The van der Waals surface area contributed by atoms with Crippen molar-refractivity contribution >= 4 is 17.4 Å². The molecule has 1 atom stereocenters. The maximum absolute atomic E-state index is 12.5. The fraction of sp³-hybridized carbons (Fsp3) is 0.526. The predicted octanol–water partition coefficient (Wildman–Crippen LogP) is 3.23. The number of rotatable bonds is 3. The number of aryl methyl sites for hydroxylation is 1. The smallest absolute Gasteiger partial charge is 0.319 e. The second kappa shape index (κ2) is 7.35. The molecule has 2 aliphatic rings. The van der Waals surface area contributed by atoms with Gasteiger partial charge in [0.1, 0.15) is 5.82 Å². The summed E-state index contributed by atoms with van der Waals surface area (Å²) in [6.45, 7) is 5.05. The van der Waals surface area contributed by atoms with E-state index in [-0.39, 0.29) is 12.1 Å². The van der Waals surface area contributed by atoms with Crippen molar-refractivity contribution in [3.8, 4) is 0 Å². The molecular weight excluding hydrogens is 328 g/mol. The molecule has 0 bridgehead atoms. The van der Waals surface area contributed by atoms with Crippen LogP contribution in [0.2, 0.25) is 0 Å². The molecule has 4 rings (SSSR count). The van der Waals surface area contributed by atoms with Crippen molar-refractivity contribution in [1.29, 1.82) is 0 Å². The summed E-state index contributed by atoms with van der Waals surface area (Å²) in [5.74, 6) is 1.76. The van der Waals surface area contributed by atoms with E-state index in [0.717, 1.165) is 49.8 Å². The highest BCUT2D eigenvalue weighted by molar-refractivity contribution is 5.90. The highest BCUT2D eigenvalue weighted by Crippen LogP contribution is 2.25. The van der Waals surface area contributed by atoms with Gasteiger partial charge in [-0.1, -0.05) is 6.07 Å². The van der Waals surface area contributed by atoms with E-state index in [1.807, 2.05) is 19.1 Å². The Morgan fingerprint density at radius 3 is 2.81 bits per heavy atom. The molecule has 1 fully saturated rings. The molecule has 1 unspecified atom stereocenters. The number of nitrogens with zero attached hydrogens (tertiary/aromatic N) is 4. The van der Waals surface area contributed by atoms with Crippen LogP contribution >= 0.6 is 0 Å². The molecule has 0 saturated carbocycles. The summed E-state index contributed by atoms with van der Waals surface area (Å²) < 4.78 is 2.09. The number of benzene rings is 1. The van der Waals surface area contributed by atoms with E-state index >= 15 is 0 Å². The van der Waals surface area contributed by atoms with Gasteiger partial charge in [-0.2, -0.15) is 0 Å². The van der Waals surface area contributed by atoms with Gasteiger partial charge in [0.2, 0.25) is 0 Å². The van der Waals surface area contributed by atoms with Crippen LogP contribution < -0.4 is 15.5 Å². The van der Waals surface area contributed by atoms with Gasteiger partial charge in [0.15, 0.2) is 5.82 Å². The first kappa shape index (κ1) is 16.9. The van der Waals surface area contributed by atoms with Crippen molar-refractivity contribution in [3.63, 3.8) is 0 Å². The Labute approximate surface area is 153 Å². The molecule has 0 spiro atoms. The molecule has 0 radical (unpaired) electrons. The van der Waals surface area contributed by atoms with Crippen molar-refractivity contribution < 1.29 is 4.79 Å². The number of amides is 2. The molecule has 2 N–H and O–H groups in total. The number of hydrogen-bond acceptors (Lipinski definition) is 4. The Morgan fingerprint density at radius 1 is 1.12 bits per heavy atom. The van der Waals surface area contributed by atoms with Gasteiger partial charge in [-0.3, -0.25) is 0 Å². The second-order valence-electron chi connectivity index (χ2n) is 7.15. The normalized spacial score (nSPS) is 19.7. The highest BCUT2D eigenvalue weighted by atomic mass is 16.2. The number of aromatic nitrogens is 3. The zero-order chi connectivity index (χ0) is 17.9. The van der Waals surface area contributed by atoms with E-state index < -0.39 is 0 Å². The lowest BCUT2D eigenvalue weighted by Gasteiger charge is -2.29. The quantitative estimate of drug-likeness (QED) is 0.887. The van der Waals surface area contributed by atoms with Crippen molar-refractivity contribution in [3.05, 3.63) is 35.9 Å². The van der Waals surface area contributed by atoms with E-state index in [1.165, 1.54) is 24.9 Å². The molecule has 138 valence electrons. The lowest BCUT2D eigenvalue weighted by Crippen LogP contribution is -2.36. The number of hydrogen-bond donors (Lipinski definition) is 2. The maximum Gasteiger partial charge on any atom is 0.319 e. The molecule has 2 aromatic rings. The zero-order valence-corrected chi connectivity index (χ0v) is 15.2. The SMILES string of the molecule is Cc1nnc2n1CCCC2NC(=O)Nc1cccc(N2CCCCC2)c1. The predicted molar refractivity (Wildman–Crippen MR) is 101 cm³/mol. The lowest BCUT2D eigenvalue weighted by molar-refractivity contribution is 0.244. The van der Waals surface area contributed by atoms with Crippen LogP contribution in [-0.2, 0) is 6.54 Å². The summed E-state index contributed by atoms with van der Waals surface area (Å²) >= 11 is 0. The fourth-order valence-corrected chi connectivity index (χ4v) is 3.91. The van der Waals surface area contributed by atoms with Crippen LogP contribution in [0, 0.1) is 6.92 Å². The first-order valence-corrected chi connectivity index (χ1v) is 9.53. The van der Waals surface area contributed by atoms with Gasteiger partial charge in [-0.25, -0.2) is 4.79 Å². The molecule has 26 heavy (non-hydrogen) atoms. The van der Waals surface area contributed by atoms with Gasteiger partial charge >= 0.3 is 6.03 Å². The fourth-order valence-electron chi connectivity index (χ4n) is 3.91. The van der Waals surface area contributed by atoms with E-state index in [1.54, 1.807) is 0 Å². The van der Waals surface area contributed by atoms with Crippen LogP contribution in [0.1, 0.15) is 49.8 Å². The van der Waals surface area contributed by atoms with E-state index in [4.69, 9.17) is 0 Å². The number of anilines is 2. The maximum atomic E-state index is 12.5. The minimum absolute atomic E-state index is 0.0878. The largest absolute Gasteiger partial charge is 0.371 e. The summed E-state index contributed by atoms with van der Waals surface area (Å²) in [6.07, 6.45) is 5.68. The van der Waals surface area contributed by atoms with Gasteiger partial charge < -0.3 is 20.1 Å². The molecule has 2 amide bonds. The van der Waals surface area contributed by atoms with Gasteiger partial charge in [0.05, 0.1) is 6.04 Å². The Kier molecular flexibility index (Phi) is 4.77. The highest BCUT2D eigenvalue weighted by Gasteiger charge is 2.25. The van der Waals surface area contributed by atoms with Crippen LogP contribution in [0.4, 0.5) is 16.2 Å². The Balaban J connectivity index is 1.41. The van der Waals surface area contributed by atoms with Crippen molar-refractivity contribution in [2.45, 2.75) is 51.6 Å². The van der Waals surface area contributed by atoms with Crippen molar-refractivity contribution in [2.75, 3.05) is 23.3 Å². The van der Waals surface area contributed by atoms with Gasteiger partial charge in [0, 0.05) is 31.0 Å². The molecule has 1 aromatic heterocycles. The summed E-state index contributed by atoms with van der Waals surface area (Å²) in [5.41, 5.74) is 1.99. The summed E-state index contributed by atoms with van der Waals surface area (Å²) in [7, 11) is 0. The molecule has 7 heteroatoms. The summed E-state index contributed by atoms with van der Waals surface area (Å²) in [5, 5.41) is 14.4. The third kappa shape index (κ3) is 3.52. The van der Waals surface area contributed by atoms with E-state index in [0.29, 0.717) is 0 Å². The van der Waals surface area contributed by atoms with E-state index in [2.05, 4.69) is 42.4 Å². The van der Waals surface area contributed by atoms with Crippen molar-refractivity contribution in [1.82, 2.24) is 20.1 Å². The van der Waals surface area contributed by atoms with Crippen LogP contribution in [0.15, 0.2) is 24.3 Å². The number of nitrogens with one attached hydrogen (secondary N) is 2.